The first kappa shape index (κ1) is 11.5. The van der Waals surface area contributed by atoms with Crippen LogP contribution >= 0.6 is 0 Å². The van der Waals surface area contributed by atoms with Gasteiger partial charge >= 0.3 is 5.97 Å². The fourth-order valence-electron chi connectivity index (χ4n) is 1.09. The first-order chi connectivity index (χ1) is 7.24. The van der Waals surface area contributed by atoms with Crippen LogP contribution in [0.1, 0.15) is 12.8 Å². The molecule has 3 nitrogen and oxygen atoms in total. The molecule has 0 heterocycles. The van der Waals surface area contributed by atoms with Gasteiger partial charge in [-0.1, -0.05) is 24.8 Å². The molecule has 1 rings (SSSR count). The lowest BCUT2D eigenvalue weighted by Gasteiger charge is -2.05. The Morgan fingerprint density at radius 2 is 2.00 bits per heavy atom. The molecular formula is C12H15NO2. The van der Waals surface area contributed by atoms with Gasteiger partial charge in [0.25, 0.3) is 0 Å². The molecule has 0 aromatic heterocycles. The van der Waals surface area contributed by atoms with E-state index in [1.165, 1.54) is 0 Å². The van der Waals surface area contributed by atoms with Gasteiger partial charge in [0.05, 0.1) is 0 Å². The molecule has 0 aliphatic heterocycles. The van der Waals surface area contributed by atoms with E-state index in [1.807, 2.05) is 18.2 Å². The van der Waals surface area contributed by atoms with Crippen LogP contribution in [-0.4, -0.2) is 12.5 Å². The molecule has 0 bridgehead atoms. The van der Waals surface area contributed by atoms with Crippen LogP contribution in [0.15, 0.2) is 42.5 Å². The largest absolute Gasteiger partial charge is 0.423 e. The molecule has 1 aromatic carbocycles. The molecule has 0 spiro atoms. The lowest BCUT2D eigenvalue weighted by molar-refractivity contribution is -0.130. The molecule has 0 amide bonds. The van der Waals surface area contributed by atoms with Gasteiger partial charge in [0, 0.05) is 5.57 Å². The SMILES string of the molecule is C=C(CCCN)C(=O)Oc1ccccc1. The van der Waals surface area contributed by atoms with E-state index in [0.29, 0.717) is 24.3 Å². The lowest BCUT2D eigenvalue weighted by atomic mass is 10.2. The van der Waals surface area contributed by atoms with Crippen molar-refractivity contribution in [3.05, 3.63) is 42.5 Å². The Bertz CT molecular complexity index is 333. The summed E-state index contributed by atoms with van der Waals surface area (Å²) in [7, 11) is 0. The minimum Gasteiger partial charge on any atom is -0.423 e. The van der Waals surface area contributed by atoms with Crippen molar-refractivity contribution in [3.8, 4) is 5.75 Å². The topological polar surface area (TPSA) is 52.3 Å². The Kier molecular flexibility index (Phi) is 4.57. The normalized spacial score (nSPS) is 9.67. The molecule has 0 radical (unpaired) electrons. The van der Waals surface area contributed by atoms with Crippen LogP contribution in [0.2, 0.25) is 0 Å². The highest BCUT2D eigenvalue weighted by atomic mass is 16.5. The second-order valence-electron chi connectivity index (χ2n) is 3.20. The maximum Gasteiger partial charge on any atom is 0.338 e. The van der Waals surface area contributed by atoms with E-state index in [1.54, 1.807) is 12.1 Å². The lowest BCUT2D eigenvalue weighted by Crippen LogP contribution is -2.11. The van der Waals surface area contributed by atoms with Crippen molar-refractivity contribution < 1.29 is 9.53 Å². The number of rotatable bonds is 5. The van der Waals surface area contributed by atoms with Crippen molar-refractivity contribution in [2.24, 2.45) is 5.73 Å². The van der Waals surface area contributed by atoms with E-state index < -0.39 is 0 Å². The van der Waals surface area contributed by atoms with Crippen molar-refractivity contribution >= 4 is 5.97 Å². The van der Waals surface area contributed by atoms with Crippen LogP contribution in [0.3, 0.4) is 0 Å². The van der Waals surface area contributed by atoms with E-state index in [0.717, 1.165) is 6.42 Å². The zero-order chi connectivity index (χ0) is 11.1. The number of nitrogens with two attached hydrogens (primary N) is 1. The molecule has 0 saturated carbocycles. The number of ether oxygens (including phenoxy) is 1. The standard InChI is InChI=1S/C12H15NO2/c1-10(6-5-9-13)12(14)15-11-7-3-2-4-8-11/h2-4,7-8H,1,5-6,9,13H2. The number of hydrogen-bond acceptors (Lipinski definition) is 3. The van der Waals surface area contributed by atoms with Crippen LogP contribution in [0, 0.1) is 0 Å². The van der Waals surface area contributed by atoms with Gasteiger partial charge in [-0.25, -0.2) is 4.79 Å². The van der Waals surface area contributed by atoms with Gasteiger partial charge in [0.15, 0.2) is 0 Å². The smallest absolute Gasteiger partial charge is 0.338 e. The maximum atomic E-state index is 11.5. The Morgan fingerprint density at radius 3 is 2.60 bits per heavy atom. The Morgan fingerprint density at radius 1 is 1.33 bits per heavy atom. The molecule has 0 aliphatic rings. The van der Waals surface area contributed by atoms with Crippen molar-refractivity contribution in [1.29, 1.82) is 0 Å². The van der Waals surface area contributed by atoms with Gasteiger partial charge < -0.3 is 10.5 Å². The van der Waals surface area contributed by atoms with Crippen molar-refractivity contribution in [3.63, 3.8) is 0 Å². The van der Waals surface area contributed by atoms with E-state index in [4.69, 9.17) is 10.5 Å². The maximum absolute atomic E-state index is 11.5. The average molecular weight is 205 g/mol. The Hall–Kier alpha value is -1.61. The van der Waals surface area contributed by atoms with Gasteiger partial charge in [-0.2, -0.15) is 0 Å². The molecule has 0 aliphatic carbocycles. The number of hydrogen-bond donors (Lipinski definition) is 1. The van der Waals surface area contributed by atoms with E-state index in [2.05, 4.69) is 6.58 Å². The van der Waals surface area contributed by atoms with E-state index in [-0.39, 0.29) is 5.97 Å². The molecule has 80 valence electrons. The third-order valence-electron chi connectivity index (χ3n) is 1.93. The third-order valence-corrected chi connectivity index (χ3v) is 1.93. The summed E-state index contributed by atoms with van der Waals surface area (Å²) >= 11 is 0. The molecule has 2 N–H and O–H groups in total. The summed E-state index contributed by atoms with van der Waals surface area (Å²) in [6.45, 7) is 4.21. The number of carbonyl (C=O) groups is 1. The molecule has 1 aromatic rings. The van der Waals surface area contributed by atoms with Crippen LogP contribution in [-0.2, 0) is 4.79 Å². The highest BCUT2D eigenvalue weighted by molar-refractivity contribution is 5.89. The van der Waals surface area contributed by atoms with E-state index >= 15 is 0 Å². The quantitative estimate of drug-likeness (QED) is 0.453. The summed E-state index contributed by atoms with van der Waals surface area (Å²) in [5.74, 6) is 0.158. The van der Waals surface area contributed by atoms with Gasteiger partial charge in [-0.05, 0) is 31.5 Å². The van der Waals surface area contributed by atoms with Crippen LogP contribution in [0.5, 0.6) is 5.75 Å². The number of para-hydroxylation sites is 1. The Balaban J connectivity index is 2.45. The van der Waals surface area contributed by atoms with Gasteiger partial charge in [0.1, 0.15) is 5.75 Å². The van der Waals surface area contributed by atoms with Gasteiger partial charge in [-0.3, -0.25) is 0 Å². The number of esters is 1. The first-order valence-corrected chi connectivity index (χ1v) is 4.89. The molecule has 3 heteroatoms. The summed E-state index contributed by atoms with van der Waals surface area (Å²) in [6, 6.07) is 8.94. The summed E-state index contributed by atoms with van der Waals surface area (Å²) in [5.41, 5.74) is 5.80. The molecule has 0 saturated heterocycles. The minimum absolute atomic E-state index is 0.380. The molecule has 0 unspecified atom stereocenters. The fraction of sp³-hybridized carbons (Fsp3) is 0.250. The second-order valence-corrected chi connectivity index (χ2v) is 3.20. The number of benzene rings is 1. The molecule has 0 atom stereocenters. The van der Waals surface area contributed by atoms with Gasteiger partial charge in [0.2, 0.25) is 0 Å². The predicted molar refractivity (Wildman–Crippen MR) is 59.5 cm³/mol. The second kappa shape index (κ2) is 5.98. The predicted octanol–water partition coefficient (Wildman–Crippen LogP) is 1.89. The van der Waals surface area contributed by atoms with Crippen LogP contribution in [0.25, 0.3) is 0 Å². The van der Waals surface area contributed by atoms with Crippen molar-refractivity contribution in [2.75, 3.05) is 6.54 Å². The Labute approximate surface area is 89.5 Å². The summed E-state index contributed by atoms with van der Waals surface area (Å²) in [6.07, 6.45) is 1.34. The first-order valence-electron chi connectivity index (χ1n) is 4.89. The van der Waals surface area contributed by atoms with E-state index in [9.17, 15) is 4.79 Å². The summed E-state index contributed by atoms with van der Waals surface area (Å²) in [4.78, 5) is 11.5. The zero-order valence-corrected chi connectivity index (χ0v) is 8.61. The monoisotopic (exact) mass is 205 g/mol. The van der Waals surface area contributed by atoms with Crippen LogP contribution in [0.4, 0.5) is 0 Å². The summed E-state index contributed by atoms with van der Waals surface area (Å²) in [5, 5.41) is 0. The molecule has 15 heavy (non-hydrogen) atoms. The molecule has 0 fully saturated rings. The average Bonchev–Trinajstić information content (AvgIpc) is 2.27. The van der Waals surface area contributed by atoms with Crippen molar-refractivity contribution in [1.82, 2.24) is 0 Å². The van der Waals surface area contributed by atoms with Crippen molar-refractivity contribution in [2.45, 2.75) is 12.8 Å². The zero-order valence-electron chi connectivity index (χ0n) is 8.61. The highest BCUT2D eigenvalue weighted by Gasteiger charge is 2.08. The highest BCUT2D eigenvalue weighted by Crippen LogP contribution is 2.12. The number of carbonyl (C=O) groups excluding carboxylic acids is 1. The summed E-state index contributed by atoms with van der Waals surface area (Å²) < 4.78 is 5.09. The minimum atomic E-state index is -0.380. The molecular weight excluding hydrogens is 190 g/mol. The van der Waals surface area contributed by atoms with Gasteiger partial charge in [-0.15, -0.1) is 0 Å². The van der Waals surface area contributed by atoms with Crippen LogP contribution < -0.4 is 10.5 Å². The fourth-order valence-corrected chi connectivity index (χ4v) is 1.09. The third kappa shape index (κ3) is 3.95.